The van der Waals surface area contributed by atoms with Gasteiger partial charge in [-0.05, 0) is 58.7 Å². The van der Waals surface area contributed by atoms with Crippen molar-refractivity contribution in [3.8, 4) is 0 Å². The Labute approximate surface area is 175 Å². The fourth-order valence-electron chi connectivity index (χ4n) is 4.23. The zero-order valence-corrected chi connectivity index (χ0v) is 18.5. The summed E-state index contributed by atoms with van der Waals surface area (Å²) < 4.78 is 5.45. The summed E-state index contributed by atoms with van der Waals surface area (Å²) in [5.74, 6) is -0.290. The summed E-state index contributed by atoms with van der Waals surface area (Å²) in [5.41, 5.74) is 6.14. The molecule has 1 aliphatic rings. The molecule has 1 heterocycles. The molecule has 0 bridgehead atoms. The number of nitrogens with zero attached hydrogens (tertiary/aromatic N) is 2. The lowest BCUT2D eigenvalue weighted by atomic mass is 9.73. The SMILES string of the molecule is CC(C)N(CCC(CCN1CCOCC1)(C(N)=O)c1ccccc1Cl)C(C)C. The van der Waals surface area contributed by atoms with Crippen LogP contribution in [0.5, 0.6) is 0 Å². The predicted molar refractivity (Wildman–Crippen MR) is 116 cm³/mol. The molecule has 1 atom stereocenters. The maximum Gasteiger partial charge on any atom is 0.228 e. The zero-order valence-electron chi connectivity index (χ0n) is 17.8. The van der Waals surface area contributed by atoms with Gasteiger partial charge in [0.1, 0.15) is 0 Å². The molecular weight excluding hydrogens is 374 g/mol. The van der Waals surface area contributed by atoms with Gasteiger partial charge in [0.2, 0.25) is 5.91 Å². The Kier molecular flexibility index (Phi) is 8.75. The van der Waals surface area contributed by atoms with Crippen LogP contribution in [0.3, 0.4) is 0 Å². The van der Waals surface area contributed by atoms with Gasteiger partial charge in [0.15, 0.2) is 0 Å². The lowest BCUT2D eigenvalue weighted by Crippen LogP contribution is -2.49. The maximum absolute atomic E-state index is 12.9. The van der Waals surface area contributed by atoms with E-state index >= 15 is 0 Å². The summed E-state index contributed by atoms with van der Waals surface area (Å²) in [6.07, 6.45) is 1.32. The fraction of sp³-hybridized carbons (Fsp3) is 0.682. The third-order valence-electron chi connectivity index (χ3n) is 5.94. The van der Waals surface area contributed by atoms with E-state index in [0.717, 1.165) is 45.0 Å². The second-order valence-electron chi connectivity index (χ2n) is 8.31. The van der Waals surface area contributed by atoms with Crippen molar-refractivity contribution in [3.63, 3.8) is 0 Å². The number of nitrogens with two attached hydrogens (primary N) is 1. The average molecular weight is 410 g/mol. The van der Waals surface area contributed by atoms with Gasteiger partial charge < -0.3 is 10.5 Å². The number of benzene rings is 1. The minimum absolute atomic E-state index is 0.290. The van der Waals surface area contributed by atoms with E-state index in [4.69, 9.17) is 22.1 Å². The number of primary amides is 1. The van der Waals surface area contributed by atoms with Gasteiger partial charge in [0.05, 0.1) is 18.6 Å². The third kappa shape index (κ3) is 5.69. The van der Waals surface area contributed by atoms with E-state index in [1.54, 1.807) is 0 Å². The van der Waals surface area contributed by atoms with Crippen LogP contribution in [0.2, 0.25) is 5.02 Å². The number of ether oxygens (including phenoxy) is 1. The Morgan fingerprint density at radius 3 is 2.32 bits per heavy atom. The van der Waals surface area contributed by atoms with Crippen molar-refractivity contribution in [2.75, 3.05) is 39.4 Å². The summed E-state index contributed by atoms with van der Waals surface area (Å²) in [6.45, 7) is 13.6. The maximum atomic E-state index is 12.9. The summed E-state index contributed by atoms with van der Waals surface area (Å²) in [5, 5.41) is 0.615. The van der Waals surface area contributed by atoms with Crippen molar-refractivity contribution in [2.24, 2.45) is 5.73 Å². The van der Waals surface area contributed by atoms with Crippen molar-refractivity contribution in [1.82, 2.24) is 9.80 Å². The molecule has 1 aliphatic heterocycles. The highest BCUT2D eigenvalue weighted by Crippen LogP contribution is 2.37. The summed E-state index contributed by atoms with van der Waals surface area (Å²) in [4.78, 5) is 17.7. The first kappa shape index (κ1) is 23.1. The van der Waals surface area contributed by atoms with E-state index in [9.17, 15) is 4.79 Å². The van der Waals surface area contributed by atoms with Crippen LogP contribution in [0.25, 0.3) is 0 Å². The average Bonchev–Trinajstić information content (AvgIpc) is 2.65. The van der Waals surface area contributed by atoms with Crippen LogP contribution in [0.1, 0.15) is 46.1 Å². The van der Waals surface area contributed by atoms with Crippen LogP contribution in [0.4, 0.5) is 0 Å². The Hall–Kier alpha value is -1.14. The second kappa shape index (κ2) is 10.6. The second-order valence-corrected chi connectivity index (χ2v) is 8.71. The van der Waals surface area contributed by atoms with Crippen LogP contribution < -0.4 is 5.73 Å². The van der Waals surface area contributed by atoms with Gasteiger partial charge in [0, 0.05) is 36.7 Å². The molecule has 1 unspecified atom stereocenters. The lowest BCUT2D eigenvalue weighted by Gasteiger charge is -2.38. The van der Waals surface area contributed by atoms with Crippen molar-refractivity contribution >= 4 is 17.5 Å². The molecule has 1 fully saturated rings. The smallest absolute Gasteiger partial charge is 0.228 e. The molecule has 1 saturated heterocycles. The Morgan fingerprint density at radius 1 is 1.18 bits per heavy atom. The normalized spacial score (nSPS) is 18.0. The highest BCUT2D eigenvalue weighted by atomic mass is 35.5. The highest BCUT2D eigenvalue weighted by Gasteiger charge is 2.40. The fourth-order valence-corrected chi connectivity index (χ4v) is 4.55. The monoisotopic (exact) mass is 409 g/mol. The van der Waals surface area contributed by atoms with Gasteiger partial charge in [-0.15, -0.1) is 0 Å². The number of carbonyl (C=O) groups is 1. The molecule has 2 rings (SSSR count). The van der Waals surface area contributed by atoms with Crippen molar-refractivity contribution in [1.29, 1.82) is 0 Å². The van der Waals surface area contributed by atoms with E-state index in [2.05, 4.69) is 37.5 Å². The molecule has 0 saturated carbocycles. The first-order valence-electron chi connectivity index (χ1n) is 10.4. The number of hydrogen-bond acceptors (Lipinski definition) is 4. The van der Waals surface area contributed by atoms with Crippen molar-refractivity contribution < 1.29 is 9.53 Å². The van der Waals surface area contributed by atoms with E-state index in [1.165, 1.54) is 0 Å². The van der Waals surface area contributed by atoms with Crippen LogP contribution >= 0.6 is 11.6 Å². The van der Waals surface area contributed by atoms with Crippen LogP contribution in [0.15, 0.2) is 24.3 Å². The number of rotatable bonds is 10. The number of carbonyl (C=O) groups excluding carboxylic acids is 1. The summed E-state index contributed by atoms with van der Waals surface area (Å²) in [7, 11) is 0. The van der Waals surface area contributed by atoms with Gasteiger partial charge >= 0.3 is 0 Å². The van der Waals surface area contributed by atoms with E-state index < -0.39 is 5.41 Å². The Morgan fingerprint density at radius 2 is 1.79 bits per heavy atom. The van der Waals surface area contributed by atoms with Crippen molar-refractivity contribution in [3.05, 3.63) is 34.9 Å². The van der Waals surface area contributed by atoms with Crippen LogP contribution in [-0.4, -0.2) is 67.2 Å². The first-order chi connectivity index (χ1) is 13.3. The molecule has 5 nitrogen and oxygen atoms in total. The molecule has 1 amide bonds. The molecule has 2 N–H and O–H groups in total. The standard InChI is InChI=1S/C22H36ClN3O2/c1-17(2)26(18(3)4)12-10-22(21(24)27,19-7-5-6-8-20(19)23)9-11-25-13-15-28-16-14-25/h5-8,17-18H,9-16H2,1-4H3,(H2,24,27). The summed E-state index contributed by atoms with van der Waals surface area (Å²) in [6, 6.07) is 8.45. The zero-order chi connectivity index (χ0) is 20.7. The molecule has 1 aromatic rings. The predicted octanol–water partition coefficient (Wildman–Crippen LogP) is 3.29. The molecule has 28 heavy (non-hydrogen) atoms. The van der Waals surface area contributed by atoms with Crippen LogP contribution in [-0.2, 0) is 14.9 Å². The van der Waals surface area contributed by atoms with E-state index in [-0.39, 0.29) is 5.91 Å². The van der Waals surface area contributed by atoms with E-state index in [1.807, 2.05) is 24.3 Å². The van der Waals surface area contributed by atoms with Gasteiger partial charge in [-0.2, -0.15) is 0 Å². The quantitative estimate of drug-likeness (QED) is 0.644. The molecule has 6 heteroatoms. The minimum Gasteiger partial charge on any atom is -0.379 e. The van der Waals surface area contributed by atoms with Crippen LogP contribution in [0, 0.1) is 0 Å². The Bertz CT molecular complexity index is 624. The van der Waals surface area contributed by atoms with Gasteiger partial charge in [-0.3, -0.25) is 14.6 Å². The molecule has 0 radical (unpaired) electrons. The highest BCUT2D eigenvalue weighted by molar-refractivity contribution is 6.31. The van der Waals surface area contributed by atoms with Crippen molar-refractivity contribution in [2.45, 2.75) is 58.0 Å². The van der Waals surface area contributed by atoms with Gasteiger partial charge in [-0.1, -0.05) is 29.8 Å². The van der Waals surface area contributed by atoms with Gasteiger partial charge in [0.25, 0.3) is 0 Å². The lowest BCUT2D eigenvalue weighted by molar-refractivity contribution is -0.124. The first-order valence-corrected chi connectivity index (χ1v) is 10.8. The van der Waals surface area contributed by atoms with Gasteiger partial charge in [-0.25, -0.2) is 0 Å². The Balaban J connectivity index is 2.31. The topological polar surface area (TPSA) is 58.8 Å². The summed E-state index contributed by atoms with van der Waals surface area (Å²) >= 11 is 6.56. The number of amides is 1. The largest absolute Gasteiger partial charge is 0.379 e. The molecule has 0 aliphatic carbocycles. The third-order valence-corrected chi connectivity index (χ3v) is 6.27. The molecule has 0 aromatic heterocycles. The van der Waals surface area contributed by atoms with E-state index in [0.29, 0.717) is 29.9 Å². The molecule has 1 aromatic carbocycles. The number of hydrogen-bond donors (Lipinski definition) is 1. The number of morpholine rings is 1. The molecular formula is C22H36ClN3O2. The number of halogens is 1. The minimum atomic E-state index is -0.779. The molecule has 158 valence electrons. The molecule has 0 spiro atoms.